The van der Waals surface area contributed by atoms with Crippen molar-refractivity contribution in [3.8, 4) is 0 Å². The molecule has 134 valence electrons. The summed E-state index contributed by atoms with van der Waals surface area (Å²) in [4.78, 5) is 38.2. The largest absolute Gasteiger partial charge is 0.395 e. The van der Waals surface area contributed by atoms with E-state index in [9.17, 15) is 19.7 Å². The van der Waals surface area contributed by atoms with Crippen molar-refractivity contribution in [3.63, 3.8) is 0 Å². The number of nitro benzene ring substituents is 1. The van der Waals surface area contributed by atoms with Gasteiger partial charge in [-0.2, -0.15) is 0 Å². The highest BCUT2D eigenvalue weighted by molar-refractivity contribution is 6.35. The van der Waals surface area contributed by atoms with Crippen LogP contribution in [0.4, 0.5) is 5.69 Å². The molecule has 1 heterocycles. The van der Waals surface area contributed by atoms with Gasteiger partial charge in [0, 0.05) is 32.8 Å². The van der Waals surface area contributed by atoms with E-state index in [4.69, 9.17) is 9.84 Å². The number of methoxy groups -OCH3 is 1. The van der Waals surface area contributed by atoms with Gasteiger partial charge in [0.05, 0.1) is 30.3 Å². The zero-order valence-corrected chi connectivity index (χ0v) is 14.0. The maximum absolute atomic E-state index is 12.7. The van der Waals surface area contributed by atoms with Crippen LogP contribution in [-0.2, 0) is 14.3 Å². The van der Waals surface area contributed by atoms with Gasteiger partial charge in [-0.1, -0.05) is 0 Å². The minimum absolute atomic E-state index is 0.0983. The van der Waals surface area contributed by atoms with Gasteiger partial charge in [-0.15, -0.1) is 0 Å². The van der Waals surface area contributed by atoms with E-state index >= 15 is 0 Å². The van der Waals surface area contributed by atoms with E-state index in [1.54, 1.807) is 7.05 Å². The number of aliphatic hydroxyl groups is 1. The maximum atomic E-state index is 12.7. The van der Waals surface area contributed by atoms with Gasteiger partial charge in [0.15, 0.2) is 0 Å². The van der Waals surface area contributed by atoms with Crippen molar-refractivity contribution in [2.24, 2.45) is 0 Å². The molecular formula is C16H19N3O6. The minimum Gasteiger partial charge on any atom is -0.395 e. The van der Waals surface area contributed by atoms with E-state index in [-0.39, 0.29) is 43.3 Å². The minimum atomic E-state index is -0.538. The highest BCUT2D eigenvalue weighted by Gasteiger charge is 2.40. The van der Waals surface area contributed by atoms with E-state index < -0.39 is 16.7 Å². The number of carbonyl (C=O) groups excluding carboxylic acids is 2. The Kier molecular flexibility index (Phi) is 5.84. The third-order valence-electron chi connectivity index (χ3n) is 3.85. The van der Waals surface area contributed by atoms with Crippen molar-refractivity contribution >= 4 is 23.1 Å². The van der Waals surface area contributed by atoms with E-state index in [1.165, 1.54) is 36.3 Å². The second kappa shape index (κ2) is 7.86. The predicted octanol–water partition coefficient (Wildman–Crippen LogP) is 0.245. The molecule has 1 aliphatic heterocycles. The van der Waals surface area contributed by atoms with Crippen molar-refractivity contribution in [1.29, 1.82) is 0 Å². The Morgan fingerprint density at radius 3 is 2.40 bits per heavy atom. The number of non-ortho nitro benzene ring substituents is 1. The van der Waals surface area contributed by atoms with Gasteiger partial charge < -0.3 is 14.7 Å². The Hall–Kier alpha value is -2.78. The highest BCUT2D eigenvalue weighted by Crippen LogP contribution is 2.31. The average Bonchev–Trinajstić information content (AvgIpc) is 2.84. The molecule has 0 atom stereocenters. The molecule has 0 unspecified atom stereocenters. The van der Waals surface area contributed by atoms with Gasteiger partial charge in [0.2, 0.25) is 0 Å². The van der Waals surface area contributed by atoms with Gasteiger partial charge in [-0.25, -0.2) is 0 Å². The van der Waals surface area contributed by atoms with Gasteiger partial charge in [0.1, 0.15) is 5.70 Å². The normalized spacial score (nSPS) is 14.4. The summed E-state index contributed by atoms with van der Waals surface area (Å²) in [5.41, 5.74) is 0.613. The number of rotatable bonds is 8. The van der Waals surface area contributed by atoms with Gasteiger partial charge in [-0.3, -0.25) is 24.6 Å². The topological polar surface area (TPSA) is 113 Å². The van der Waals surface area contributed by atoms with Crippen molar-refractivity contribution < 1.29 is 24.4 Å². The first-order chi connectivity index (χ1) is 11.9. The maximum Gasteiger partial charge on any atom is 0.277 e. The molecule has 0 bridgehead atoms. The zero-order chi connectivity index (χ0) is 18.6. The number of benzene rings is 1. The Balaban J connectivity index is 2.47. The van der Waals surface area contributed by atoms with Crippen LogP contribution in [0.2, 0.25) is 0 Å². The third-order valence-corrected chi connectivity index (χ3v) is 3.85. The number of ether oxygens (including phenoxy) is 1. The second-order valence-electron chi connectivity index (χ2n) is 5.43. The summed E-state index contributed by atoms with van der Waals surface area (Å²) in [6, 6.07) is 5.43. The Labute approximate surface area is 144 Å². The molecule has 0 saturated heterocycles. The molecule has 9 heteroatoms. The second-order valence-corrected chi connectivity index (χ2v) is 5.43. The summed E-state index contributed by atoms with van der Waals surface area (Å²) in [6.07, 6.45) is 0. The number of amides is 2. The fourth-order valence-corrected chi connectivity index (χ4v) is 2.57. The Bertz CT molecular complexity index is 713. The van der Waals surface area contributed by atoms with Gasteiger partial charge in [0.25, 0.3) is 17.5 Å². The SMILES string of the molecule is COCCN1C(=O)C(c2ccc([N+](=O)[O-])cc2)=C(N(C)CCO)C1=O. The fraction of sp³-hybridized carbons (Fsp3) is 0.375. The molecule has 2 amide bonds. The first-order valence-corrected chi connectivity index (χ1v) is 7.58. The van der Waals surface area contributed by atoms with Crippen LogP contribution >= 0.6 is 0 Å². The molecule has 1 aromatic carbocycles. The number of imide groups is 1. The molecule has 0 fully saturated rings. The van der Waals surface area contributed by atoms with Crippen molar-refractivity contribution in [1.82, 2.24) is 9.80 Å². The van der Waals surface area contributed by atoms with Gasteiger partial charge >= 0.3 is 0 Å². The van der Waals surface area contributed by atoms with Crippen molar-refractivity contribution in [2.45, 2.75) is 0 Å². The van der Waals surface area contributed by atoms with Crippen LogP contribution in [0.15, 0.2) is 30.0 Å². The molecular weight excluding hydrogens is 330 g/mol. The molecule has 1 aromatic rings. The smallest absolute Gasteiger partial charge is 0.277 e. The number of nitrogens with zero attached hydrogens (tertiary/aromatic N) is 3. The Morgan fingerprint density at radius 1 is 1.24 bits per heavy atom. The lowest BCUT2D eigenvalue weighted by Gasteiger charge is -2.20. The number of hydrogen-bond donors (Lipinski definition) is 1. The molecule has 0 aliphatic carbocycles. The van der Waals surface area contributed by atoms with E-state index in [0.29, 0.717) is 5.56 Å². The number of hydrogen-bond acceptors (Lipinski definition) is 7. The van der Waals surface area contributed by atoms with Crippen molar-refractivity contribution in [3.05, 3.63) is 45.6 Å². The van der Waals surface area contributed by atoms with Crippen LogP contribution in [0, 0.1) is 10.1 Å². The van der Waals surface area contributed by atoms with Crippen LogP contribution in [-0.4, -0.2) is 72.1 Å². The standard InChI is InChI=1S/C16H19N3O6/c1-17(7-9-20)14-13(11-3-5-12(6-4-11)19(23)24)15(21)18(16(14)22)8-10-25-2/h3-6,20H,7-10H2,1-2H3. The zero-order valence-electron chi connectivity index (χ0n) is 14.0. The first-order valence-electron chi connectivity index (χ1n) is 7.58. The molecule has 9 nitrogen and oxygen atoms in total. The molecule has 1 aliphatic rings. The molecule has 0 radical (unpaired) electrons. The fourth-order valence-electron chi connectivity index (χ4n) is 2.57. The number of nitro groups is 1. The van der Waals surface area contributed by atoms with Crippen LogP contribution in [0.25, 0.3) is 5.57 Å². The van der Waals surface area contributed by atoms with Crippen LogP contribution in [0.5, 0.6) is 0 Å². The number of aliphatic hydroxyl groups excluding tert-OH is 1. The van der Waals surface area contributed by atoms with E-state index in [2.05, 4.69) is 0 Å². The van der Waals surface area contributed by atoms with Gasteiger partial charge in [-0.05, 0) is 17.7 Å². The monoisotopic (exact) mass is 349 g/mol. The summed E-state index contributed by atoms with van der Waals surface area (Å²) < 4.78 is 4.93. The highest BCUT2D eigenvalue weighted by atomic mass is 16.6. The number of likely N-dealkylation sites (N-methyl/N-ethyl adjacent to an activating group) is 1. The summed E-state index contributed by atoms with van der Waals surface area (Å²) in [5, 5.41) is 19.9. The van der Waals surface area contributed by atoms with Crippen molar-refractivity contribution in [2.75, 3.05) is 40.5 Å². The molecule has 0 saturated carbocycles. The molecule has 0 aromatic heterocycles. The molecule has 25 heavy (non-hydrogen) atoms. The average molecular weight is 349 g/mol. The number of carbonyl (C=O) groups is 2. The molecule has 2 rings (SSSR count). The quantitative estimate of drug-likeness (QED) is 0.406. The lowest BCUT2D eigenvalue weighted by atomic mass is 10.0. The van der Waals surface area contributed by atoms with Crippen LogP contribution in [0.1, 0.15) is 5.56 Å². The van der Waals surface area contributed by atoms with Crippen LogP contribution < -0.4 is 0 Å². The Morgan fingerprint density at radius 2 is 1.88 bits per heavy atom. The van der Waals surface area contributed by atoms with E-state index in [1.807, 2.05) is 0 Å². The van der Waals surface area contributed by atoms with Crippen LogP contribution in [0.3, 0.4) is 0 Å². The lowest BCUT2D eigenvalue weighted by molar-refractivity contribution is -0.384. The van der Waals surface area contributed by atoms with E-state index in [0.717, 1.165) is 4.90 Å². The summed E-state index contributed by atoms with van der Waals surface area (Å²) >= 11 is 0. The third kappa shape index (κ3) is 3.67. The molecule has 0 spiro atoms. The summed E-state index contributed by atoms with van der Waals surface area (Å²) in [6.45, 7) is 0.277. The summed E-state index contributed by atoms with van der Waals surface area (Å²) in [5.74, 6) is -0.970. The first kappa shape index (κ1) is 18.6. The molecule has 1 N–H and O–H groups in total. The summed E-state index contributed by atoms with van der Waals surface area (Å²) in [7, 11) is 3.07. The predicted molar refractivity (Wildman–Crippen MR) is 88.3 cm³/mol. The lowest BCUT2D eigenvalue weighted by Crippen LogP contribution is -2.37.